The van der Waals surface area contributed by atoms with Gasteiger partial charge in [0.1, 0.15) is 0 Å². The third-order valence-electron chi connectivity index (χ3n) is 2.36. The molecule has 0 bridgehead atoms. The van der Waals surface area contributed by atoms with Crippen LogP contribution in [-0.4, -0.2) is 5.97 Å². The fourth-order valence-corrected chi connectivity index (χ4v) is 1.70. The Labute approximate surface area is 108 Å². The van der Waals surface area contributed by atoms with Crippen LogP contribution in [0.25, 0.3) is 0 Å². The van der Waals surface area contributed by atoms with Gasteiger partial charge in [0.25, 0.3) is 0 Å². The highest BCUT2D eigenvalue weighted by atomic mass is 35.5. The lowest BCUT2D eigenvalue weighted by Crippen LogP contribution is -2.03. The fourth-order valence-electron chi connectivity index (χ4n) is 1.52. The summed E-state index contributed by atoms with van der Waals surface area (Å²) >= 11 is 5.99. The zero-order chi connectivity index (χ0) is 13.0. The molecule has 18 heavy (non-hydrogen) atoms. The summed E-state index contributed by atoms with van der Waals surface area (Å²) in [5, 5.41) is 3.46. The Bertz CT molecular complexity index is 574. The maximum absolute atomic E-state index is 12.0. The molecule has 0 saturated heterocycles. The van der Waals surface area contributed by atoms with Crippen LogP contribution in [0.2, 0.25) is 5.02 Å². The Balaban J connectivity index is 2.35. The molecule has 0 fully saturated rings. The second-order valence-electron chi connectivity index (χ2n) is 3.52. The molecule has 0 atom stereocenters. The van der Waals surface area contributed by atoms with Gasteiger partial charge in [0.05, 0.1) is 22.0 Å². The van der Waals surface area contributed by atoms with Gasteiger partial charge in [0, 0.05) is 4.53 Å². The van der Waals surface area contributed by atoms with Crippen LogP contribution >= 0.6 is 11.6 Å². The molecule has 0 unspecified atom stereocenters. The van der Waals surface area contributed by atoms with Crippen molar-refractivity contribution in [3.63, 3.8) is 0 Å². The smallest absolute Gasteiger partial charge is 0.354 e. The van der Waals surface area contributed by atoms with E-state index in [1.165, 1.54) is 6.07 Å². The molecule has 0 aromatic heterocycles. The van der Waals surface area contributed by atoms with E-state index in [0.29, 0.717) is 16.4 Å². The van der Waals surface area contributed by atoms with Gasteiger partial charge in [-0.05, 0) is 24.3 Å². The monoisotopic (exact) mass is 265 g/mol. The molecule has 92 valence electrons. The lowest BCUT2D eigenvalue weighted by molar-refractivity contribution is -0.0787. The molecular formula is C13H9ClFNO2. The van der Waals surface area contributed by atoms with Crippen LogP contribution in [0.4, 0.5) is 15.9 Å². The standard InChI is InChI=1S/C13H9ClFNO2/c14-10-6-2-4-8-12(10)16-11-7-3-1-5-9(11)13(17)18-15/h1-8,16H. The Morgan fingerprint density at radius 2 is 1.67 bits per heavy atom. The van der Waals surface area contributed by atoms with Crippen LogP contribution in [-0.2, 0) is 4.94 Å². The third-order valence-corrected chi connectivity index (χ3v) is 2.69. The van der Waals surface area contributed by atoms with Gasteiger partial charge < -0.3 is 5.32 Å². The molecule has 2 rings (SSSR count). The molecule has 1 N–H and O–H groups in total. The minimum atomic E-state index is -1.05. The Kier molecular flexibility index (Phi) is 3.79. The van der Waals surface area contributed by atoms with E-state index in [1.807, 2.05) is 0 Å². The van der Waals surface area contributed by atoms with Crippen molar-refractivity contribution >= 4 is 28.9 Å². The molecule has 0 aliphatic carbocycles. The largest absolute Gasteiger partial charge is 0.381 e. The molecule has 2 aromatic rings. The van der Waals surface area contributed by atoms with Gasteiger partial charge in [0.15, 0.2) is 0 Å². The lowest BCUT2D eigenvalue weighted by Gasteiger charge is -2.10. The van der Waals surface area contributed by atoms with E-state index in [4.69, 9.17) is 11.6 Å². The zero-order valence-electron chi connectivity index (χ0n) is 9.19. The van der Waals surface area contributed by atoms with Crippen LogP contribution in [0.5, 0.6) is 0 Å². The van der Waals surface area contributed by atoms with Gasteiger partial charge in [0.2, 0.25) is 0 Å². The molecule has 3 nitrogen and oxygen atoms in total. The molecule has 2 aromatic carbocycles. The number of para-hydroxylation sites is 2. The van der Waals surface area contributed by atoms with E-state index in [9.17, 15) is 9.32 Å². The van der Waals surface area contributed by atoms with Crippen LogP contribution in [0, 0.1) is 0 Å². The number of halogens is 2. The van der Waals surface area contributed by atoms with Crippen molar-refractivity contribution in [3.05, 3.63) is 59.1 Å². The number of hydrogen-bond acceptors (Lipinski definition) is 3. The maximum Gasteiger partial charge on any atom is 0.381 e. The number of carbonyl (C=O) groups excluding carboxylic acids is 1. The molecule has 0 aliphatic heterocycles. The number of benzene rings is 2. The molecule has 0 radical (unpaired) electrons. The number of carbonyl (C=O) groups is 1. The Morgan fingerprint density at radius 1 is 1.06 bits per heavy atom. The summed E-state index contributed by atoms with van der Waals surface area (Å²) in [6.45, 7) is 0. The Morgan fingerprint density at radius 3 is 2.33 bits per heavy atom. The third kappa shape index (κ3) is 2.60. The maximum atomic E-state index is 12.0. The number of hydrogen-bond donors (Lipinski definition) is 1. The molecular weight excluding hydrogens is 257 g/mol. The van der Waals surface area contributed by atoms with Crippen molar-refractivity contribution in [1.29, 1.82) is 0 Å². The van der Waals surface area contributed by atoms with E-state index in [1.54, 1.807) is 42.5 Å². The van der Waals surface area contributed by atoms with Gasteiger partial charge in [-0.3, -0.25) is 0 Å². The van der Waals surface area contributed by atoms with Crippen molar-refractivity contribution in [2.24, 2.45) is 0 Å². The van der Waals surface area contributed by atoms with E-state index in [0.717, 1.165) is 0 Å². The first-order chi connectivity index (χ1) is 8.72. The first-order valence-corrected chi connectivity index (χ1v) is 5.53. The summed E-state index contributed by atoms with van der Waals surface area (Å²) in [6, 6.07) is 13.5. The van der Waals surface area contributed by atoms with Gasteiger partial charge in [-0.25, -0.2) is 9.74 Å². The molecule has 0 amide bonds. The summed E-state index contributed by atoms with van der Waals surface area (Å²) in [4.78, 5) is 14.5. The van der Waals surface area contributed by atoms with Crippen molar-refractivity contribution < 1.29 is 14.3 Å². The summed E-state index contributed by atoms with van der Waals surface area (Å²) in [5.74, 6) is -1.05. The number of anilines is 2. The normalized spacial score (nSPS) is 9.89. The average Bonchev–Trinajstić information content (AvgIpc) is 2.41. The van der Waals surface area contributed by atoms with Crippen molar-refractivity contribution in [2.75, 3.05) is 5.32 Å². The quantitative estimate of drug-likeness (QED) is 0.907. The topological polar surface area (TPSA) is 38.3 Å². The average molecular weight is 266 g/mol. The highest BCUT2D eigenvalue weighted by molar-refractivity contribution is 6.33. The number of rotatable bonds is 3. The fraction of sp³-hybridized carbons (Fsp3) is 0. The zero-order valence-corrected chi connectivity index (χ0v) is 9.95. The highest BCUT2D eigenvalue weighted by Gasteiger charge is 2.13. The summed E-state index contributed by atoms with van der Waals surface area (Å²) in [5.41, 5.74) is 1.14. The first kappa shape index (κ1) is 12.4. The summed E-state index contributed by atoms with van der Waals surface area (Å²) in [7, 11) is 0. The van der Waals surface area contributed by atoms with Crippen molar-refractivity contribution in [2.45, 2.75) is 0 Å². The van der Waals surface area contributed by atoms with Gasteiger partial charge in [-0.2, -0.15) is 0 Å². The second-order valence-corrected chi connectivity index (χ2v) is 3.92. The van der Waals surface area contributed by atoms with Gasteiger partial charge in [-0.1, -0.05) is 35.9 Å². The second kappa shape index (κ2) is 5.51. The first-order valence-electron chi connectivity index (χ1n) is 5.16. The van der Waals surface area contributed by atoms with Crippen LogP contribution in [0.15, 0.2) is 48.5 Å². The van der Waals surface area contributed by atoms with Crippen LogP contribution in [0.1, 0.15) is 10.4 Å². The minimum absolute atomic E-state index is 0.0971. The van der Waals surface area contributed by atoms with Crippen molar-refractivity contribution in [1.82, 2.24) is 0 Å². The van der Waals surface area contributed by atoms with Gasteiger partial charge >= 0.3 is 5.97 Å². The molecule has 0 aliphatic rings. The molecule has 0 saturated carbocycles. The summed E-state index contributed by atoms with van der Waals surface area (Å²) in [6.07, 6.45) is 0. The highest BCUT2D eigenvalue weighted by Crippen LogP contribution is 2.27. The van der Waals surface area contributed by atoms with Crippen LogP contribution in [0.3, 0.4) is 0 Å². The predicted molar refractivity (Wildman–Crippen MR) is 67.7 cm³/mol. The number of nitrogens with one attached hydrogen (secondary N) is 1. The predicted octanol–water partition coefficient (Wildman–Crippen LogP) is 4.12. The minimum Gasteiger partial charge on any atom is -0.354 e. The van der Waals surface area contributed by atoms with E-state index in [-0.39, 0.29) is 5.56 Å². The molecule has 0 spiro atoms. The lowest BCUT2D eigenvalue weighted by atomic mass is 10.1. The summed E-state index contributed by atoms with van der Waals surface area (Å²) < 4.78 is 12.0. The van der Waals surface area contributed by atoms with E-state index < -0.39 is 5.97 Å². The van der Waals surface area contributed by atoms with E-state index in [2.05, 4.69) is 10.3 Å². The van der Waals surface area contributed by atoms with E-state index >= 15 is 0 Å². The SMILES string of the molecule is O=C(OF)c1ccccc1Nc1ccccc1Cl. The molecule has 0 heterocycles. The Hall–Kier alpha value is -2.07. The van der Waals surface area contributed by atoms with Crippen molar-refractivity contribution in [3.8, 4) is 0 Å². The van der Waals surface area contributed by atoms with Crippen LogP contribution < -0.4 is 5.32 Å². The van der Waals surface area contributed by atoms with Gasteiger partial charge in [-0.15, -0.1) is 0 Å². The molecule has 5 heteroatoms.